The van der Waals surface area contributed by atoms with Gasteiger partial charge in [0.25, 0.3) is 0 Å². The average molecular weight is 383 g/mol. The summed E-state index contributed by atoms with van der Waals surface area (Å²) in [7, 11) is 1.98. The van der Waals surface area contributed by atoms with Crippen LogP contribution in [-0.4, -0.2) is 45.4 Å². The molecule has 150 valence electrons. The predicted molar refractivity (Wildman–Crippen MR) is 111 cm³/mol. The van der Waals surface area contributed by atoms with E-state index in [2.05, 4.69) is 19.2 Å². The minimum atomic E-state index is -0.203. The third-order valence-corrected chi connectivity index (χ3v) is 4.92. The SMILES string of the molecule is CC(C)CN(Cc1cccn1C)C(=O)CN(C(=O)Nc1ccccc1)C1CC1. The number of benzene rings is 1. The Morgan fingerprint density at radius 2 is 1.86 bits per heavy atom. The topological polar surface area (TPSA) is 57.6 Å². The molecular formula is C22H30N4O2. The third-order valence-electron chi connectivity index (χ3n) is 4.92. The van der Waals surface area contributed by atoms with Crippen LogP contribution in [0.25, 0.3) is 0 Å². The molecule has 6 heteroatoms. The first-order valence-corrected chi connectivity index (χ1v) is 9.94. The fourth-order valence-electron chi connectivity index (χ4n) is 3.27. The number of aryl methyl sites for hydroxylation is 1. The normalized spacial score (nSPS) is 13.4. The summed E-state index contributed by atoms with van der Waals surface area (Å²) in [6.07, 6.45) is 3.89. The van der Waals surface area contributed by atoms with Gasteiger partial charge in [0.2, 0.25) is 5.91 Å². The van der Waals surface area contributed by atoms with E-state index in [-0.39, 0.29) is 24.5 Å². The van der Waals surface area contributed by atoms with Gasteiger partial charge in [-0.1, -0.05) is 32.0 Å². The molecule has 3 rings (SSSR count). The summed E-state index contributed by atoms with van der Waals surface area (Å²) in [4.78, 5) is 29.5. The van der Waals surface area contributed by atoms with E-state index in [9.17, 15) is 9.59 Å². The molecule has 0 radical (unpaired) electrons. The highest BCUT2D eigenvalue weighted by Crippen LogP contribution is 2.27. The van der Waals surface area contributed by atoms with Crippen LogP contribution in [0.4, 0.5) is 10.5 Å². The lowest BCUT2D eigenvalue weighted by Crippen LogP contribution is -2.46. The quantitative estimate of drug-likeness (QED) is 0.757. The molecule has 1 aliphatic rings. The summed E-state index contributed by atoms with van der Waals surface area (Å²) in [5, 5.41) is 2.92. The molecular weight excluding hydrogens is 352 g/mol. The molecule has 1 aromatic carbocycles. The monoisotopic (exact) mass is 382 g/mol. The van der Waals surface area contributed by atoms with Crippen molar-refractivity contribution in [2.24, 2.45) is 13.0 Å². The first-order valence-electron chi connectivity index (χ1n) is 9.94. The summed E-state index contributed by atoms with van der Waals surface area (Å²) in [5.74, 6) is 0.349. The number of rotatable bonds is 8. The highest BCUT2D eigenvalue weighted by Gasteiger charge is 2.35. The molecule has 1 aromatic heterocycles. The molecule has 6 nitrogen and oxygen atoms in total. The fraction of sp³-hybridized carbons (Fsp3) is 0.455. The van der Waals surface area contributed by atoms with Crippen LogP contribution in [0.15, 0.2) is 48.7 Å². The third kappa shape index (κ3) is 5.38. The molecule has 1 fully saturated rings. The summed E-state index contributed by atoms with van der Waals surface area (Å²) >= 11 is 0. The summed E-state index contributed by atoms with van der Waals surface area (Å²) in [6.45, 7) is 5.54. The van der Waals surface area contributed by atoms with E-state index in [1.807, 2.05) is 65.2 Å². The molecule has 0 unspecified atom stereocenters. The van der Waals surface area contributed by atoms with Crippen molar-refractivity contribution in [3.8, 4) is 0 Å². The molecule has 0 bridgehead atoms. The van der Waals surface area contributed by atoms with Crippen LogP contribution in [0.3, 0.4) is 0 Å². The standard InChI is InChI=1S/C22H30N4O2/c1-17(2)14-25(15-20-10-7-13-24(20)3)21(27)16-26(19-11-12-19)22(28)23-18-8-5-4-6-9-18/h4-10,13,17,19H,11-12,14-16H2,1-3H3,(H,23,28). The van der Waals surface area contributed by atoms with E-state index in [4.69, 9.17) is 0 Å². The molecule has 0 aliphatic heterocycles. The molecule has 1 heterocycles. The minimum Gasteiger partial charge on any atom is -0.353 e. The highest BCUT2D eigenvalue weighted by molar-refractivity contribution is 5.92. The number of aromatic nitrogens is 1. The maximum atomic E-state index is 13.1. The fourth-order valence-corrected chi connectivity index (χ4v) is 3.27. The predicted octanol–water partition coefficient (Wildman–Crippen LogP) is 3.71. The molecule has 2 aromatic rings. The Morgan fingerprint density at radius 3 is 2.43 bits per heavy atom. The Hall–Kier alpha value is -2.76. The molecule has 1 aliphatic carbocycles. The van der Waals surface area contributed by atoms with Crippen LogP contribution in [0.1, 0.15) is 32.4 Å². The second-order valence-corrected chi connectivity index (χ2v) is 7.93. The van der Waals surface area contributed by atoms with Crippen molar-refractivity contribution in [3.05, 3.63) is 54.4 Å². The van der Waals surface area contributed by atoms with Gasteiger partial charge in [-0.05, 0) is 43.0 Å². The zero-order chi connectivity index (χ0) is 20.1. The number of nitrogens with one attached hydrogen (secondary N) is 1. The number of hydrogen-bond donors (Lipinski definition) is 1. The lowest BCUT2D eigenvalue weighted by atomic mass is 10.2. The first-order chi connectivity index (χ1) is 13.4. The Balaban J connectivity index is 1.68. The summed E-state index contributed by atoms with van der Waals surface area (Å²) in [5.41, 5.74) is 1.83. The number of nitrogens with zero attached hydrogens (tertiary/aromatic N) is 3. The number of urea groups is 1. The van der Waals surface area contributed by atoms with Crippen LogP contribution < -0.4 is 5.32 Å². The molecule has 0 saturated heterocycles. The first kappa shape index (κ1) is 20.0. The van der Waals surface area contributed by atoms with Crippen LogP contribution in [0, 0.1) is 5.92 Å². The van der Waals surface area contributed by atoms with Gasteiger partial charge in [0.1, 0.15) is 6.54 Å². The van der Waals surface area contributed by atoms with Gasteiger partial charge in [0, 0.05) is 37.2 Å². The lowest BCUT2D eigenvalue weighted by molar-refractivity contribution is -0.133. The largest absolute Gasteiger partial charge is 0.353 e. The van der Waals surface area contributed by atoms with E-state index in [1.54, 1.807) is 4.90 Å². The zero-order valence-electron chi connectivity index (χ0n) is 17.0. The second-order valence-electron chi connectivity index (χ2n) is 7.93. The molecule has 1 saturated carbocycles. The van der Waals surface area contributed by atoms with Gasteiger partial charge in [0.05, 0.1) is 6.54 Å². The molecule has 3 amide bonds. The molecule has 0 spiro atoms. The minimum absolute atomic E-state index is 0.00925. The van der Waals surface area contributed by atoms with Crippen LogP contribution in [0.2, 0.25) is 0 Å². The number of carbonyl (C=O) groups excluding carboxylic acids is 2. The van der Waals surface area contributed by atoms with Gasteiger partial charge < -0.3 is 19.7 Å². The molecule has 0 atom stereocenters. The Bertz CT molecular complexity index is 796. The molecule has 1 N–H and O–H groups in total. The van der Waals surface area contributed by atoms with Gasteiger partial charge in [-0.25, -0.2) is 4.79 Å². The van der Waals surface area contributed by atoms with Gasteiger partial charge in [-0.3, -0.25) is 4.79 Å². The van der Waals surface area contributed by atoms with Crippen molar-refractivity contribution >= 4 is 17.6 Å². The number of para-hydroxylation sites is 1. The van der Waals surface area contributed by atoms with Crippen molar-refractivity contribution in [1.82, 2.24) is 14.4 Å². The van der Waals surface area contributed by atoms with Crippen LogP contribution in [-0.2, 0) is 18.4 Å². The Labute approximate surface area is 167 Å². The van der Waals surface area contributed by atoms with E-state index in [0.717, 1.165) is 24.2 Å². The number of hydrogen-bond acceptors (Lipinski definition) is 2. The zero-order valence-corrected chi connectivity index (χ0v) is 17.0. The maximum absolute atomic E-state index is 13.1. The van der Waals surface area contributed by atoms with E-state index >= 15 is 0 Å². The summed E-state index contributed by atoms with van der Waals surface area (Å²) < 4.78 is 2.03. The number of anilines is 1. The van der Waals surface area contributed by atoms with Crippen molar-refractivity contribution in [1.29, 1.82) is 0 Å². The average Bonchev–Trinajstić information content (AvgIpc) is 3.42. The van der Waals surface area contributed by atoms with E-state index in [0.29, 0.717) is 19.0 Å². The molecule has 28 heavy (non-hydrogen) atoms. The van der Waals surface area contributed by atoms with Crippen molar-refractivity contribution in [3.63, 3.8) is 0 Å². The van der Waals surface area contributed by atoms with Gasteiger partial charge in [-0.15, -0.1) is 0 Å². The highest BCUT2D eigenvalue weighted by atomic mass is 16.2. The smallest absolute Gasteiger partial charge is 0.322 e. The van der Waals surface area contributed by atoms with E-state index in [1.165, 1.54) is 0 Å². The second kappa shape index (κ2) is 8.95. The Morgan fingerprint density at radius 1 is 1.14 bits per heavy atom. The Kier molecular flexibility index (Phi) is 6.39. The van der Waals surface area contributed by atoms with Crippen LogP contribution >= 0.6 is 0 Å². The van der Waals surface area contributed by atoms with Crippen molar-refractivity contribution < 1.29 is 9.59 Å². The maximum Gasteiger partial charge on any atom is 0.322 e. The summed E-state index contributed by atoms with van der Waals surface area (Å²) in [6, 6.07) is 13.3. The van der Waals surface area contributed by atoms with Gasteiger partial charge in [0.15, 0.2) is 0 Å². The van der Waals surface area contributed by atoms with Crippen molar-refractivity contribution in [2.45, 2.75) is 39.3 Å². The lowest BCUT2D eigenvalue weighted by Gasteiger charge is -2.29. The van der Waals surface area contributed by atoms with Crippen molar-refractivity contribution in [2.75, 3.05) is 18.4 Å². The van der Waals surface area contributed by atoms with Gasteiger partial charge in [-0.2, -0.15) is 0 Å². The van der Waals surface area contributed by atoms with Gasteiger partial charge >= 0.3 is 6.03 Å². The number of carbonyl (C=O) groups is 2. The number of amides is 3. The van der Waals surface area contributed by atoms with Crippen LogP contribution in [0.5, 0.6) is 0 Å². The van der Waals surface area contributed by atoms with E-state index < -0.39 is 0 Å².